The van der Waals surface area contributed by atoms with E-state index >= 15 is 0 Å². The van der Waals surface area contributed by atoms with Gasteiger partial charge >= 0.3 is 0 Å². The van der Waals surface area contributed by atoms with Crippen molar-refractivity contribution in [2.24, 2.45) is 0 Å². The molecule has 5 rings (SSSR count). The van der Waals surface area contributed by atoms with Crippen molar-refractivity contribution in [3.05, 3.63) is 69.2 Å². The molecule has 1 aliphatic carbocycles. The van der Waals surface area contributed by atoms with Gasteiger partial charge in [0, 0.05) is 24.5 Å². The summed E-state index contributed by atoms with van der Waals surface area (Å²) >= 11 is 0. The van der Waals surface area contributed by atoms with E-state index in [0.29, 0.717) is 23.8 Å². The molecule has 1 unspecified atom stereocenters. The van der Waals surface area contributed by atoms with Gasteiger partial charge in [0.05, 0.1) is 29.2 Å². The van der Waals surface area contributed by atoms with Gasteiger partial charge in [0.25, 0.3) is 11.5 Å². The number of hydrogen-bond donors (Lipinski definition) is 1. The van der Waals surface area contributed by atoms with Gasteiger partial charge in [0.2, 0.25) is 5.95 Å². The number of carbonyl (C=O) groups is 1. The number of nitrogens with one attached hydrogen (secondary N) is 1. The van der Waals surface area contributed by atoms with Crippen molar-refractivity contribution >= 4 is 5.91 Å². The average molecular weight is 404 g/mol. The topological polar surface area (TPSA) is 96.8 Å². The second kappa shape index (κ2) is 7.51. The molecule has 1 aliphatic heterocycles. The summed E-state index contributed by atoms with van der Waals surface area (Å²) in [6.07, 6.45) is 10.7. The third-order valence-corrected chi connectivity index (χ3v) is 6.20. The van der Waals surface area contributed by atoms with Gasteiger partial charge in [0.15, 0.2) is 0 Å². The minimum Gasteiger partial charge on any atom is -0.331 e. The summed E-state index contributed by atoms with van der Waals surface area (Å²) in [7, 11) is 0. The van der Waals surface area contributed by atoms with Gasteiger partial charge in [-0.3, -0.25) is 19.6 Å². The number of pyridine rings is 1. The molecule has 1 amide bonds. The van der Waals surface area contributed by atoms with Crippen LogP contribution in [0.25, 0.3) is 5.95 Å². The lowest BCUT2D eigenvalue weighted by Gasteiger charge is -2.35. The number of nitrogens with zero attached hydrogens (tertiary/aromatic N) is 5. The van der Waals surface area contributed by atoms with Crippen molar-refractivity contribution in [2.75, 3.05) is 6.54 Å². The van der Waals surface area contributed by atoms with Crippen LogP contribution in [0, 0.1) is 6.92 Å². The summed E-state index contributed by atoms with van der Waals surface area (Å²) in [5.41, 5.74) is 3.77. The Balaban J connectivity index is 1.48. The van der Waals surface area contributed by atoms with Gasteiger partial charge in [-0.25, -0.2) is 9.67 Å². The van der Waals surface area contributed by atoms with Crippen LogP contribution in [0.15, 0.2) is 35.5 Å². The number of piperidine rings is 1. The summed E-state index contributed by atoms with van der Waals surface area (Å²) < 4.78 is 1.57. The zero-order chi connectivity index (χ0) is 20.7. The molecule has 0 radical (unpaired) electrons. The van der Waals surface area contributed by atoms with E-state index < -0.39 is 0 Å². The van der Waals surface area contributed by atoms with Crippen LogP contribution in [0.3, 0.4) is 0 Å². The van der Waals surface area contributed by atoms with E-state index in [1.54, 1.807) is 17.1 Å². The standard InChI is InChI=1S/C22H24N6O2/c1-14-17(13-24-28(14)22-25-18-8-4-7-16(18)20(29)26-22)21(30)27-11-3-2-9-19(27)15-6-5-10-23-12-15/h5-6,10,12-13,19H,2-4,7-9,11H2,1H3,(H,25,26,29). The molecule has 1 saturated heterocycles. The summed E-state index contributed by atoms with van der Waals surface area (Å²) in [6, 6.07) is 3.95. The fraction of sp³-hybridized carbons (Fsp3) is 0.409. The van der Waals surface area contributed by atoms with E-state index in [1.807, 2.05) is 30.2 Å². The van der Waals surface area contributed by atoms with Gasteiger partial charge in [-0.2, -0.15) is 5.10 Å². The Hall–Kier alpha value is -3.29. The highest BCUT2D eigenvalue weighted by Crippen LogP contribution is 2.32. The zero-order valence-corrected chi connectivity index (χ0v) is 17.0. The lowest BCUT2D eigenvalue weighted by atomic mass is 9.95. The minimum absolute atomic E-state index is 0.0145. The number of aromatic amines is 1. The van der Waals surface area contributed by atoms with E-state index in [-0.39, 0.29) is 17.5 Å². The maximum atomic E-state index is 13.5. The lowest BCUT2D eigenvalue weighted by Crippen LogP contribution is -2.38. The Morgan fingerprint density at radius 1 is 1.20 bits per heavy atom. The third kappa shape index (κ3) is 3.12. The number of aryl methyl sites for hydroxylation is 1. The van der Waals surface area contributed by atoms with Crippen LogP contribution in [-0.4, -0.2) is 42.1 Å². The van der Waals surface area contributed by atoms with Crippen LogP contribution >= 0.6 is 0 Å². The first kappa shape index (κ1) is 18.7. The summed E-state index contributed by atoms with van der Waals surface area (Å²) in [4.78, 5) is 39.4. The fourth-order valence-electron chi connectivity index (χ4n) is 4.61. The number of fused-ring (bicyclic) bond motifs is 1. The smallest absolute Gasteiger partial charge is 0.257 e. The first-order valence-corrected chi connectivity index (χ1v) is 10.5. The van der Waals surface area contributed by atoms with E-state index in [4.69, 9.17) is 0 Å². The predicted octanol–water partition coefficient (Wildman–Crippen LogP) is 2.52. The zero-order valence-electron chi connectivity index (χ0n) is 17.0. The van der Waals surface area contributed by atoms with Crippen molar-refractivity contribution in [2.45, 2.75) is 51.5 Å². The molecule has 1 fully saturated rings. The maximum Gasteiger partial charge on any atom is 0.257 e. The normalized spacial score (nSPS) is 18.4. The summed E-state index contributed by atoms with van der Waals surface area (Å²) in [5, 5.41) is 4.39. The van der Waals surface area contributed by atoms with E-state index in [2.05, 4.69) is 20.1 Å². The highest BCUT2D eigenvalue weighted by Gasteiger charge is 2.31. The highest BCUT2D eigenvalue weighted by molar-refractivity contribution is 5.95. The molecule has 0 spiro atoms. The number of carbonyl (C=O) groups excluding carboxylic acids is 1. The molecule has 0 saturated carbocycles. The van der Waals surface area contributed by atoms with E-state index in [9.17, 15) is 9.59 Å². The van der Waals surface area contributed by atoms with Gasteiger partial charge < -0.3 is 4.90 Å². The molecule has 1 N–H and O–H groups in total. The number of hydrogen-bond acceptors (Lipinski definition) is 5. The molecule has 154 valence electrons. The number of aromatic nitrogens is 5. The monoisotopic (exact) mass is 404 g/mol. The number of rotatable bonds is 3. The Kier molecular flexibility index (Phi) is 4.69. The molecule has 3 aromatic heterocycles. The number of H-pyrrole nitrogens is 1. The molecule has 4 heterocycles. The lowest BCUT2D eigenvalue weighted by molar-refractivity contribution is 0.0610. The molecule has 8 heteroatoms. The van der Waals surface area contributed by atoms with Crippen LogP contribution < -0.4 is 5.56 Å². The average Bonchev–Trinajstić information content (AvgIpc) is 3.41. The SMILES string of the molecule is Cc1c(C(=O)N2CCCCC2c2cccnc2)cnn1-c1nc2c(c(=O)[nH]1)CCC2. The molecular weight excluding hydrogens is 380 g/mol. The molecule has 2 aliphatic rings. The van der Waals surface area contributed by atoms with Crippen molar-refractivity contribution in [1.82, 2.24) is 29.6 Å². The molecule has 30 heavy (non-hydrogen) atoms. The minimum atomic E-state index is -0.108. The first-order chi connectivity index (χ1) is 14.6. The Morgan fingerprint density at radius 3 is 2.93 bits per heavy atom. The Labute approximate surface area is 174 Å². The second-order valence-electron chi connectivity index (χ2n) is 8.02. The Bertz CT molecular complexity index is 1150. The molecule has 0 aromatic carbocycles. The van der Waals surface area contributed by atoms with Gasteiger partial charge in [-0.1, -0.05) is 6.07 Å². The quantitative estimate of drug-likeness (QED) is 0.724. The summed E-state index contributed by atoms with van der Waals surface area (Å²) in [6.45, 7) is 2.55. The van der Waals surface area contributed by atoms with Gasteiger partial charge in [0.1, 0.15) is 0 Å². The van der Waals surface area contributed by atoms with Crippen molar-refractivity contribution in [1.29, 1.82) is 0 Å². The molecular formula is C22H24N6O2. The molecule has 1 atom stereocenters. The first-order valence-electron chi connectivity index (χ1n) is 10.5. The van der Waals surface area contributed by atoms with Crippen LogP contribution in [0.4, 0.5) is 0 Å². The van der Waals surface area contributed by atoms with Crippen LogP contribution in [0.2, 0.25) is 0 Å². The fourth-order valence-corrected chi connectivity index (χ4v) is 4.61. The van der Waals surface area contributed by atoms with Crippen molar-refractivity contribution in [3.8, 4) is 5.95 Å². The van der Waals surface area contributed by atoms with Gasteiger partial charge in [-0.15, -0.1) is 0 Å². The molecule has 0 bridgehead atoms. The van der Waals surface area contributed by atoms with Crippen molar-refractivity contribution in [3.63, 3.8) is 0 Å². The maximum absolute atomic E-state index is 13.5. The Morgan fingerprint density at radius 2 is 2.10 bits per heavy atom. The van der Waals surface area contributed by atoms with E-state index in [1.165, 1.54) is 0 Å². The van der Waals surface area contributed by atoms with Crippen LogP contribution in [0.1, 0.15) is 64.6 Å². The second-order valence-corrected chi connectivity index (χ2v) is 8.02. The third-order valence-electron chi connectivity index (χ3n) is 6.20. The predicted molar refractivity (Wildman–Crippen MR) is 111 cm³/mol. The molecule has 3 aromatic rings. The van der Waals surface area contributed by atoms with E-state index in [0.717, 1.165) is 55.3 Å². The van der Waals surface area contributed by atoms with Crippen LogP contribution in [0.5, 0.6) is 0 Å². The largest absolute Gasteiger partial charge is 0.331 e. The highest BCUT2D eigenvalue weighted by atomic mass is 16.2. The number of amides is 1. The van der Waals surface area contributed by atoms with Gasteiger partial charge in [-0.05, 0) is 57.1 Å². The number of likely N-dealkylation sites (tertiary alicyclic amines) is 1. The van der Waals surface area contributed by atoms with Crippen LogP contribution in [-0.2, 0) is 12.8 Å². The van der Waals surface area contributed by atoms with Crippen molar-refractivity contribution < 1.29 is 4.79 Å². The summed E-state index contributed by atoms with van der Waals surface area (Å²) in [5.74, 6) is 0.329. The molecule has 8 nitrogen and oxygen atoms in total.